The summed E-state index contributed by atoms with van der Waals surface area (Å²) in [6.07, 6.45) is 71.6. The SMILES string of the molecule is CCCCC/C=C\C/C=C\C/C=C\C/C=C\CCCCCCCCCCCC(=O)OC(/C=C\CCCCCCCCCCC)C(COP(=O)([O-])OCC[N+](C)(C)C)NC(=O)CCCCC/C=C\CCCCCCCCC. The Morgan fingerprint density at radius 1 is 0.461 bits per heavy atom. The first-order chi connectivity index (χ1) is 36.9. The Bertz CT molecular complexity index is 1530. The molecule has 9 nitrogen and oxygen atoms in total. The first-order valence-corrected chi connectivity index (χ1v) is 33.2. The number of phosphoric acid groups is 1. The third-order valence-electron chi connectivity index (χ3n) is 13.9. The molecule has 0 aliphatic rings. The lowest BCUT2D eigenvalue weighted by Crippen LogP contribution is -2.47. The Balaban J connectivity index is 5.14. The van der Waals surface area contributed by atoms with E-state index in [2.05, 4.69) is 86.8 Å². The summed E-state index contributed by atoms with van der Waals surface area (Å²) in [5.74, 6) is -0.565. The molecule has 0 heterocycles. The normalized spacial score (nSPS) is 14.1. The first kappa shape index (κ1) is 73.5. The highest BCUT2D eigenvalue weighted by Crippen LogP contribution is 2.38. The molecule has 0 bridgehead atoms. The summed E-state index contributed by atoms with van der Waals surface area (Å²) in [6.45, 7) is 6.79. The van der Waals surface area contributed by atoms with E-state index in [0.717, 1.165) is 96.3 Å². The van der Waals surface area contributed by atoms with Crippen molar-refractivity contribution in [3.8, 4) is 0 Å². The Labute approximate surface area is 470 Å². The largest absolute Gasteiger partial charge is 0.756 e. The van der Waals surface area contributed by atoms with Gasteiger partial charge in [-0.1, -0.05) is 242 Å². The number of ether oxygens (including phenoxy) is 1. The third kappa shape index (κ3) is 56.2. The van der Waals surface area contributed by atoms with Crippen LogP contribution in [0.25, 0.3) is 0 Å². The fourth-order valence-corrected chi connectivity index (χ4v) is 9.63. The molecule has 1 amide bonds. The monoisotopic (exact) mass is 1080 g/mol. The number of phosphoric ester groups is 1. The van der Waals surface area contributed by atoms with Crippen LogP contribution in [0.4, 0.5) is 0 Å². The molecule has 0 rings (SSSR count). The smallest absolute Gasteiger partial charge is 0.306 e. The number of amides is 1. The molecule has 0 spiro atoms. The van der Waals surface area contributed by atoms with Gasteiger partial charge in [0, 0.05) is 12.8 Å². The van der Waals surface area contributed by atoms with Crippen LogP contribution >= 0.6 is 7.82 Å². The second kappa shape index (κ2) is 55.8. The number of unbranched alkanes of at least 4 members (excludes halogenated alkanes) is 31. The van der Waals surface area contributed by atoms with E-state index in [9.17, 15) is 19.0 Å². The number of nitrogens with zero attached hydrogens (tertiary/aromatic N) is 1. The van der Waals surface area contributed by atoms with E-state index < -0.39 is 26.6 Å². The number of carbonyl (C=O) groups excluding carboxylic acids is 2. The van der Waals surface area contributed by atoms with Gasteiger partial charge in [0.15, 0.2) is 0 Å². The molecule has 442 valence electrons. The van der Waals surface area contributed by atoms with Gasteiger partial charge in [0.1, 0.15) is 19.3 Å². The van der Waals surface area contributed by atoms with E-state index in [1.165, 1.54) is 148 Å². The van der Waals surface area contributed by atoms with Crippen LogP contribution in [0.5, 0.6) is 0 Å². The minimum Gasteiger partial charge on any atom is -0.756 e. The highest BCUT2D eigenvalue weighted by Gasteiger charge is 2.27. The van der Waals surface area contributed by atoms with Crippen molar-refractivity contribution in [3.63, 3.8) is 0 Å². The zero-order valence-corrected chi connectivity index (χ0v) is 51.3. The fraction of sp³-hybridized carbons (Fsp3) is 0.788. The van der Waals surface area contributed by atoms with E-state index in [4.69, 9.17) is 13.8 Å². The van der Waals surface area contributed by atoms with Crippen LogP contribution in [0.1, 0.15) is 284 Å². The molecule has 3 atom stereocenters. The molecule has 0 aromatic carbocycles. The number of hydrogen-bond acceptors (Lipinski definition) is 7. The summed E-state index contributed by atoms with van der Waals surface area (Å²) < 4.78 is 30.3. The van der Waals surface area contributed by atoms with Gasteiger partial charge < -0.3 is 28.5 Å². The molecule has 0 aromatic heterocycles. The van der Waals surface area contributed by atoms with Gasteiger partial charge in [-0.2, -0.15) is 0 Å². The molecule has 0 aliphatic heterocycles. The van der Waals surface area contributed by atoms with Gasteiger partial charge >= 0.3 is 5.97 Å². The van der Waals surface area contributed by atoms with Gasteiger partial charge in [-0.3, -0.25) is 14.2 Å². The summed E-state index contributed by atoms with van der Waals surface area (Å²) in [7, 11) is 1.17. The maximum atomic E-state index is 13.5. The van der Waals surface area contributed by atoms with E-state index in [0.29, 0.717) is 23.9 Å². The first-order valence-electron chi connectivity index (χ1n) is 31.7. The lowest BCUT2D eigenvalue weighted by atomic mass is 10.1. The van der Waals surface area contributed by atoms with Crippen LogP contribution < -0.4 is 10.2 Å². The van der Waals surface area contributed by atoms with Crippen molar-refractivity contribution < 1.29 is 37.3 Å². The number of hydrogen-bond donors (Lipinski definition) is 1. The average molecular weight is 1090 g/mol. The number of rotatable bonds is 57. The Hall–Kier alpha value is -2.55. The minimum atomic E-state index is -4.70. The van der Waals surface area contributed by atoms with Crippen LogP contribution in [0.2, 0.25) is 0 Å². The molecule has 1 N–H and O–H groups in total. The standard InChI is InChI=1S/C66H121N2O7P/c1-7-10-13-16-19-22-25-27-29-30-31-32-33-34-35-36-37-38-39-41-44-47-50-53-56-59-66(70)75-64(57-54-51-48-45-42-24-21-18-15-12-9-3)63(62-74-76(71,72)73-61-60-68(4,5)6)67-65(69)58-55-52-49-46-43-40-28-26-23-20-17-14-11-8-2/h19,22,27,29,31-32,34-35,40,43,54,57,63-64H,7-18,20-21,23-26,28,30,33,36-39,41-42,44-53,55-56,58-62H2,1-6H3,(H-,67,69,71,72)/b22-19-,29-27-,32-31-,35-34-,43-40-,57-54-. The van der Waals surface area contributed by atoms with E-state index in [1.807, 2.05) is 33.3 Å². The summed E-state index contributed by atoms with van der Waals surface area (Å²) >= 11 is 0. The molecule has 0 fully saturated rings. The molecule has 3 unspecified atom stereocenters. The zero-order chi connectivity index (χ0) is 55.7. The Kier molecular flexibility index (Phi) is 53.9. The van der Waals surface area contributed by atoms with Crippen molar-refractivity contribution in [2.24, 2.45) is 0 Å². The number of allylic oxidation sites excluding steroid dienone is 11. The van der Waals surface area contributed by atoms with Crippen molar-refractivity contribution in [2.75, 3.05) is 40.9 Å². The van der Waals surface area contributed by atoms with E-state index in [-0.39, 0.29) is 24.9 Å². The minimum absolute atomic E-state index is 0.0278. The van der Waals surface area contributed by atoms with Crippen molar-refractivity contribution in [1.29, 1.82) is 0 Å². The molecule has 0 saturated heterocycles. The van der Waals surface area contributed by atoms with E-state index >= 15 is 0 Å². The van der Waals surface area contributed by atoms with Crippen molar-refractivity contribution in [2.45, 2.75) is 296 Å². The lowest BCUT2D eigenvalue weighted by molar-refractivity contribution is -0.870. The molecule has 0 saturated carbocycles. The van der Waals surface area contributed by atoms with Crippen LogP contribution in [0.3, 0.4) is 0 Å². The van der Waals surface area contributed by atoms with Crippen LogP contribution in [0, 0.1) is 0 Å². The quantitative estimate of drug-likeness (QED) is 0.0212. The molecular formula is C66H121N2O7P. The highest BCUT2D eigenvalue weighted by molar-refractivity contribution is 7.45. The van der Waals surface area contributed by atoms with Gasteiger partial charge in [0.05, 0.1) is 33.8 Å². The number of carbonyl (C=O) groups is 2. The predicted octanol–water partition coefficient (Wildman–Crippen LogP) is 19.0. The third-order valence-corrected chi connectivity index (χ3v) is 14.8. The summed E-state index contributed by atoms with van der Waals surface area (Å²) in [4.78, 5) is 39.9. The molecule has 76 heavy (non-hydrogen) atoms. The summed E-state index contributed by atoms with van der Waals surface area (Å²) in [5.41, 5.74) is 0. The highest BCUT2D eigenvalue weighted by atomic mass is 31.2. The maximum Gasteiger partial charge on any atom is 0.306 e. The number of likely N-dealkylation sites (N-methyl/N-ethyl adjacent to an activating group) is 1. The van der Waals surface area contributed by atoms with Gasteiger partial charge in [0.2, 0.25) is 5.91 Å². The van der Waals surface area contributed by atoms with Crippen molar-refractivity contribution in [1.82, 2.24) is 5.32 Å². The van der Waals surface area contributed by atoms with Crippen molar-refractivity contribution in [3.05, 3.63) is 72.9 Å². The lowest BCUT2D eigenvalue weighted by Gasteiger charge is -2.30. The average Bonchev–Trinajstić information content (AvgIpc) is 3.38. The zero-order valence-electron chi connectivity index (χ0n) is 50.4. The molecule has 0 aliphatic carbocycles. The van der Waals surface area contributed by atoms with Crippen LogP contribution in [-0.2, 0) is 27.9 Å². The van der Waals surface area contributed by atoms with Crippen LogP contribution in [0.15, 0.2) is 72.9 Å². The Morgan fingerprint density at radius 3 is 1.25 bits per heavy atom. The van der Waals surface area contributed by atoms with E-state index in [1.54, 1.807) is 0 Å². The molecular weight excluding hydrogens is 964 g/mol. The van der Waals surface area contributed by atoms with Gasteiger partial charge in [-0.15, -0.1) is 0 Å². The second-order valence-corrected chi connectivity index (χ2v) is 24.0. The second-order valence-electron chi connectivity index (χ2n) is 22.6. The number of nitrogens with one attached hydrogen (secondary N) is 1. The maximum absolute atomic E-state index is 13.5. The topological polar surface area (TPSA) is 114 Å². The predicted molar refractivity (Wildman–Crippen MR) is 325 cm³/mol. The van der Waals surface area contributed by atoms with Gasteiger partial charge in [-0.05, 0) is 102 Å². The Morgan fingerprint density at radius 2 is 0.803 bits per heavy atom. The summed E-state index contributed by atoms with van der Waals surface area (Å²) in [6, 6.07) is -0.900. The van der Waals surface area contributed by atoms with Gasteiger partial charge in [0.25, 0.3) is 7.82 Å². The molecule has 0 radical (unpaired) electrons. The summed E-state index contributed by atoms with van der Waals surface area (Å²) in [5, 5.41) is 3.01. The van der Waals surface area contributed by atoms with Gasteiger partial charge in [-0.25, -0.2) is 0 Å². The number of esters is 1. The molecule has 0 aromatic rings. The fourth-order valence-electron chi connectivity index (χ4n) is 8.91. The molecule has 10 heteroatoms. The van der Waals surface area contributed by atoms with Crippen molar-refractivity contribution >= 4 is 19.7 Å². The number of quaternary nitrogens is 1. The van der Waals surface area contributed by atoms with Crippen LogP contribution in [-0.4, -0.2) is 69.4 Å².